The maximum Gasteiger partial charge on any atom is 0.248 e. The van der Waals surface area contributed by atoms with Crippen LogP contribution in [-0.4, -0.2) is 12.5 Å². The lowest BCUT2D eigenvalue weighted by molar-refractivity contribution is -0.111. The molecular weight excluding hydrogens is 357 g/mol. The van der Waals surface area contributed by atoms with E-state index in [9.17, 15) is 9.18 Å². The second kappa shape index (κ2) is 9.37. The topological polar surface area (TPSA) is 47.6 Å². The van der Waals surface area contributed by atoms with Gasteiger partial charge in [-0.1, -0.05) is 12.1 Å². The Balaban J connectivity index is 1.55. The maximum atomic E-state index is 13.1. The molecule has 0 unspecified atom stereocenters. The number of anilines is 1. The Morgan fingerprint density at radius 3 is 2.25 bits per heavy atom. The Hall–Kier alpha value is -3.60. The summed E-state index contributed by atoms with van der Waals surface area (Å²) in [4.78, 5) is 12.0. The van der Waals surface area contributed by atoms with E-state index in [1.54, 1.807) is 42.5 Å². The molecule has 0 aromatic heterocycles. The SMILES string of the molecule is CCOc1ccc(Oc2ccc(NC(=O)/C=C/c3cccc(F)c3)cc2)cc1. The van der Waals surface area contributed by atoms with Gasteiger partial charge in [-0.05, 0) is 79.2 Å². The van der Waals surface area contributed by atoms with Gasteiger partial charge in [-0.3, -0.25) is 4.79 Å². The molecule has 0 saturated heterocycles. The number of hydrogen-bond donors (Lipinski definition) is 1. The van der Waals surface area contributed by atoms with Crippen molar-refractivity contribution in [3.05, 3.63) is 90.3 Å². The molecule has 1 N–H and O–H groups in total. The maximum absolute atomic E-state index is 13.1. The molecule has 0 saturated carbocycles. The van der Waals surface area contributed by atoms with Crippen molar-refractivity contribution in [3.8, 4) is 17.2 Å². The van der Waals surface area contributed by atoms with E-state index in [-0.39, 0.29) is 11.7 Å². The van der Waals surface area contributed by atoms with E-state index in [0.717, 1.165) is 5.75 Å². The Bertz CT molecular complexity index is 950. The number of amides is 1. The molecule has 3 aromatic carbocycles. The molecule has 0 heterocycles. The predicted molar refractivity (Wildman–Crippen MR) is 108 cm³/mol. The van der Waals surface area contributed by atoms with Gasteiger partial charge < -0.3 is 14.8 Å². The van der Waals surface area contributed by atoms with Crippen LogP contribution >= 0.6 is 0 Å². The van der Waals surface area contributed by atoms with Crippen LogP contribution in [0.5, 0.6) is 17.2 Å². The molecule has 142 valence electrons. The molecule has 0 bridgehead atoms. The molecule has 0 spiro atoms. The van der Waals surface area contributed by atoms with Crippen LogP contribution in [0.1, 0.15) is 12.5 Å². The lowest BCUT2D eigenvalue weighted by atomic mass is 10.2. The summed E-state index contributed by atoms with van der Waals surface area (Å²) in [5, 5.41) is 2.75. The van der Waals surface area contributed by atoms with E-state index in [4.69, 9.17) is 9.47 Å². The van der Waals surface area contributed by atoms with Crippen molar-refractivity contribution in [1.82, 2.24) is 0 Å². The van der Waals surface area contributed by atoms with Crippen LogP contribution in [0.3, 0.4) is 0 Å². The molecule has 0 fully saturated rings. The number of ether oxygens (including phenoxy) is 2. The summed E-state index contributed by atoms with van der Waals surface area (Å²) >= 11 is 0. The highest BCUT2D eigenvalue weighted by atomic mass is 19.1. The van der Waals surface area contributed by atoms with Crippen LogP contribution in [0.4, 0.5) is 10.1 Å². The van der Waals surface area contributed by atoms with Gasteiger partial charge in [0.25, 0.3) is 0 Å². The molecule has 3 rings (SSSR count). The first-order valence-electron chi connectivity index (χ1n) is 8.88. The van der Waals surface area contributed by atoms with Crippen LogP contribution in [-0.2, 0) is 4.79 Å². The standard InChI is InChI=1S/C23H20FNO3/c1-2-27-20-11-13-22(14-12-20)28-21-9-7-19(8-10-21)25-23(26)15-6-17-4-3-5-18(24)16-17/h3-16H,2H2,1H3,(H,25,26)/b15-6+. The summed E-state index contributed by atoms with van der Waals surface area (Å²) in [7, 11) is 0. The smallest absolute Gasteiger partial charge is 0.248 e. The minimum Gasteiger partial charge on any atom is -0.494 e. The van der Waals surface area contributed by atoms with Crippen molar-refractivity contribution < 1.29 is 18.7 Å². The number of halogens is 1. The van der Waals surface area contributed by atoms with Crippen molar-refractivity contribution in [3.63, 3.8) is 0 Å². The van der Waals surface area contributed by atoms with Crippen LogP contribution in [0.15, 0.2) is 78.9 Å². The van der Waals surface area contributed by atoms with Crippen molar-refractivity contribution in [1.29, 1.82) is 0 Å². The van der Waals surface area contributed by atoms with Gasteiger partial charge in [0.1, 0.15) is 23.1 Å². The Kier molecular flexibility index (Phi) is 6.41. The summed E-state index contributed by atoms with van der Waals surface area (Å²) in [6.45, 7) is 2.55. The lowest BCUT2D eigenvalue weighted by Crippen LogP contribution is -2.07. The number of hydrogen-bond acceptors (Lipinski definition) is 3. The van der Waals surface area contributed by atoms with Crippen molar-refractivity contribution in [2.45, 2.75) is 6.92 Å². The lowest BCUT2D eigenvalue weighted by Gasteiger charge is -2.08. The van der Waals surface area contributed by atoms with Gasteiger partial charge >= 0.3 is 0 Å². The molecule has 3 aromatic rings. The number of benzene rings is 3. The van der Waals surface area contributed by atoms with Crippen LogP contribution in [0.25, 0.3) is 6.08 Å². The van der Waals surface area contributed by atoms with Gasteiger partial charge in [0.05, 0.1) is 6.61 Å². The monoisotopic (exact) mass is 377 g/mol. The van der Waals surface area contributed by atoms with E-state index in [1.165, 1.54) is 18.2 Å². The number of carbonyl (C=O) groups is 1. The molecule has 0 aliphatic carbocycles. The van der Waals surface area contributed by atoms with Gasteiger partial charge in [-0.25, -0.2) is 4.39 Å². The van der Waals surface area contributed by atoms with Gasteiger partial charge in [-0.15, -0.1) is 0 Å². The Labute approximate surface area is 163 Å². The average molecular weight is 377 g/mol. The quantitative estimate of drug-likeness (QED) is 0.540. The summed E-state index contributed by atoms with van der Waals surface area (Å²) in [5.74, 6) is 1.49. The van der Waals surface area contributed by atoms with Crippen LogP contribution in [0, 0.1) is 5.82 Å². The molecule has 5 heteroatoms. The highest BCUT2D eigenvalue weighted by Crippen LogP contribution is 2.25. The Morgan fingerprint density at radius 1 is 0.964 bits per heavy atom. The first-order chi connectivity index (χ1) is 13.6. The van der Waals surface area contributed by atoms with Gasteiger partial charge in [0, 0.05) is 11.8 Å². The highest BCUT2D eigenvalue weighted by Gasteiger charge is 2.01. The summed E-state index contributed by atoms with van der Waals surface area (Å²) in [6, 6.07) is 20.4. The fourth-order valence-corrected chi connectivity index (χ4v) is 2.48. The van der Waals surface area contributed by atoms with Crippen molar-refractivity contribution >= 4 is 17.7 Å². The Morgan fingerprint density at radius 2 is 1.61 bits per heavy atom. The second-order valence-corrected chi connectivity index (χ2v) is 5.91. The molecule has 0 atom stereocenters. The van der Waals surface area contributed by atoms with E-state index in [1.807, 2.05) is 31.2 Å². The van der Waals surface area contributed by atoms with Crippen molar-refractivity contribution in [2.24, 2.45) is 0 Å². The zero-order valence-corrected chi connectivity index (χ0v) is 15.4. The average Bonchev–Trinajstić information content (AvgIpc) is 2.70. The minimum absolute atomic E-state index is 0.301. The second-order valence-electron chi connectivity index (χ2n) is 5.91. The van der Waals surface area contributed by atoms with Gasteiger partial charge in [0.2, 0.25) is 5.91 Å². The minimum atomic E-state index is -0.342. The first kappa shape index (κ1) is 19.2. The number of rotatable bonds is 7. The molecule has 0 aliphatic rings. The predicted octanol–water partition coefficient (Wildman–Crippen LogP) is 5.67. The molecule has 28 heavy (non-hydrogen) atoms. The zero-order valence-electron chi connectivity index (χ0n) is 15.4. The summed E-state index contributed by atoms with van der Waals surface area (Å²) in [5.41, 5.74) is 1.25. The first-order valence-corrected chi connectivity index (χ1v) is 8.88. The summed E-state index contributed by atoms with van der Waals surface area (Å²) < 4.78 is 24.3. The van der Waals surface area contributed by atoms with E-state index in [0.29, 0.717) is 29.4 Å². The summed E-state index contributed by atoms with van der Waals surface area (Å²) in [6.07, 6.45) is 2.92. The molecule has 0 radical (unpaired) electrons. The normalized spacial score (nSPS) is 10.6. The fraction of sp³-hybridized carbons (Fsp3) is 0.0870. The third-order valence-corrected chi connectivity index (χ3v) is 3.77. The zero-order chi connectivity index (χ0) is 19.8. The van der Waals surface area contributed by atoms with Gasteiger partial charge in [0.15, 0.2) is 0 Å². The van der Waals surface area contributed by atoms with Gasteiger partial charge in [-0.2, -0.15) is 0 Å². The van der Waals surface area contributed by atoms with Crippen LogP contribution in [0.2, 0.25) is 0 Å². The highest BCUT2D eigenvalue weighted by molar-refractivity contribution is 6.01. The van der Waals surface area contributed by atoms with Crippen molar-refractivity contribution in [2.75, 3.05) is 11.9 Å². The van der Waals surface area contributed by atoms with E-state index >= 15 is 0 Å². The van der Waals surface area contributed by atoms with E-state index in [2.05, 4.69) is 5.32 Å². The number of nitrogens with one attached hydrogen (secondary N) is 1. The van der Waals surface area contributed by atoms with E-state index < -0.39 is 0 Å². The van der Waals surface area contributed by atoms with Crippen LogP contribution < -0.4 is 14.8 Å². The number of carbonyl (C=O) groups excluding carboxylic acids is 1. The molecular formula is C23H20FNO3. The fourth-order valence-electron chi connectivity index (χ4n) is 2.48. The largest absolute Gasteiger partial charge is 0.494 e. The molecule has 4 nitrogen and oxygen atoms in total. The molecule has 0 aliphatic heterocycles. The molecule has 1 amide bonds. The third kappa shape index (κ3) is 5.71. The third-order valence-electron chi connectivity index (χ3n) is 3.77.